The van der Waals surface area contributed by atoms with Crippen molar-refractivity contribution in [3.63, 3.8) is 0 Å². The van der Waals surface area contributed by atoms with E-state index in [1.54, 1.807) is 18.3 Å². The zero-order chi connectivity index (χ0) is 17.2. The summed E-state index contributed by atoms with van der Waals surface area (Å²) < 4.78 is 11.0. The Kier molecular flexibility index (Phi) is 4.03. The number of nitrogens with one attached hydrogen (secondary N) is 1. The third kappa shape index (κ3) is 3.04. The number of ether oxygens (including phenoxy) is 2. The van der Waals surface area contributed by atoms with Gasteiger partial charge in [0.25, 0.3) is 0 Å². The van der Waals surface area contributed by atoms with Gasteiger partial charge in [-0.15, -0.1) is 0 Å². The van der Waals surface area contributed by atoms with Crippen molar-refractivity contribution < 1.29 is 9.47 Å². The van der Waals surface area contributed by atoms with Crippen molar-refractivity contribution in [1.82, 2.24) is 9.97 Å². The van der Waals surface area contributed by atoms with Gasteiger partial charge in [0.05, 0.1) is 5.02 Å². The number of hydrogen-bond donors (Lipinski definition) is 1. The molecule has 1 aromatic heterocycles. The standard InChI is InChI=1S/C18H15ClN4O2/c1-23(16-13(19)7-8-14-17(16)25-11-24-14)15-9-10-20-18(22-15)21-12-5-3-2-4-6-12/h2-10H,11H2,1H3,(H,20,21,22). The average Bonchev–Trinajstić information content (AvgIpc) is 3.11. The van der Waals surface area contributed by atoms with Crippen molar-refractivity contribution >= 4 is 34.7 Å². The first kappa shape index (κ1) is 15.5. The monoisotopic (exact) mass is 354 g/mol. The van der Waals surface area contributed by atoms with Gasteiger partial charge < -0.3 is 19.7 Å². The summed E-state index contributed by atoms with van der Waals surface area (Å²) in [4.78, 5) is 10.7. The van der Waals surface area contributed by atoms with Crippen LogP contribution in [0.5, 0.6) is 11.5 Å². The van der Waals surface area contributed by atoms with Crippen LogP contribution in [0, 0.1) is 0 Å². The van der Waals surface area contributed by atoms with E-state index in [0.29, 0.717) is 34.0 Å². The van der Waals surface area contributed by atoms with Crippen LogP contribution in [0.25, 0.3) is 0 Å². The maximum absolute atomic E-state index is 6.39. The third-order valence-corrected chi connectivity index (χ3v) is 4.12. The normalized spacial score (nSPS) is 12.1. The van der Waals surface area contributed by atoms with E-state index in [0.717, 1.165) is 5.69 Å². The Morgan fingerprint density at radius 2 is 1.92 bits per heavy atom. The molecule has 0 amide bonds. The molecular weight excluding hydrogens is 340 g/mol. The zero-order valence-electron chi connectivity index (χ0n) is 13.4. The molecule has 0 fully saturated rings. The van der Waals surface area contributed by atoms with Crippen LogP contribution >= 0.6 is 11.6 Å². The molecule has 0 aliphatic carbocycles. The summed E-state index contributed by atoms with van der Waals surface area (Å²) in [5.41, 5.74) is 1.62. The van der Waals surface area contributed by atoms with Crippen LogP contribution in [-0.4, -0.2) is 23.8 Å². The third-order valence-electron chi connectivity index (χ3n) is 3.81. The van der Waals surface area contributed by atoms with Crippen molar-refractivity contribution in [2.75, 3.05) is 24.1 Å². The molecule has 0 saturated carbocycles. The lowest BCUT2D eigenvalue weighted by molar-refractivity contribution is 0.174. The highest BCUT2D eigenvalue weighted by Crippen LogP contribution is 2.46. The maximum atomic E-state index is 6.39. The van der Waals surface area contributed by atoms with Crippen LogP contribution in [-0.2, 0) is 0 Å². The Labute approximate surface area is 150 Å². The molecule has 6 nitrogen and oxygen atoms in total. The number of anilines is 4. The average molecular weight is 355 g/mol. The molecule has 0 bridgehead atoms. The summed E-state index contributed by atoms with van der Waals surface area (Å²) >= 11 is 6.39. The van der Waals surface area contributed by atoms with Gasteiger partial charge in [-0.3, -0.25) is 0 Å². The molecule has 0 radical (unpaired) electrons. The second-order valence-corrected chi connectivity index (χ2v) is 5.83. The van der Waals surface area contributed by atoms with Gasteiger partial charge >= 0.3 is 0 Å². The topological polar surface area (TPSA) is 59.5 Å². The smallest absolute Gasteiger partial charge is 0.231 e. The first-order valence-electron chi connectivity index (χ1n) is 7.69. The van der Waals surface area contributed by atoms with Crippen LogP contribution in [0.3, 0.4) is 0 Å². The van der Waals surface area contributed by atoms with E-state index in [2.05, 4.69) is 15.3 Å². The number of rotatable bonds is 4. The van der Waals surface area contributed by atoms with Gasteiger partial charge in [0.2, 0.25) is 12.7 Å². The van der Waals surface area contributed by atoms with Crippen molar-refractivity contribution in [3.05, 3.63) is 59.8 Å². The lowest BCUT2D eigenvalue weighted by atomic mass is 10.2. The number of halogens is 1. The van der Waals surface area contributed by atoms with Gasteiger partial charge in [-0.1, -0.05) is 29.8 Å². The van der Waals surface area contributed by atoms with Crippen LogP contribution < -0.4 is 19.7 Å². The summed E-state index contributed by atoms with van der Waals surface area (Å²) in [5, 5.41) is 3.74. The molecule has 2 heterocycles. The first-order valence-corrected chi connectivity index (χ1v) is 8.07. The van der Waals surface area contributed by atoms with Crippen LogP contribution in [0.1, 0.15) is 0 Å². The predicted octanol–water partition coefficient (Wildman–Crippen LogP) is 4.37. The summed E-state index contributed by atoms with van der Waals surface area (Å²) in [7, 11) is 1.87. The molecule has 3 aromatic rings. The molecule has 4 rings (SSSR count). The molecule has 25 heavy (non-hydrogen) atoms. The van der Waals surface area contributed by atoms with Crippen molar-refractivity contribution in [1.29, 1.82) is 0 Å². The molecule has 0 unspecified atom stereocenters. The van der Waals surface area contributed by atoms with E-state index in [1.807, 2.05) is 48.3 Å². The zero-order valence-corrected chi connectivity index (χ0v) is 14.2. The highest BCUT2D eigenvalue weighted by Gasteiger charge is 2.24. The van der Waals surface area contributed by atoms with Crippen molar-refractivity contribution in [2.45, 2.75) is 0 Å². The van der Waals surface area contributed by atoms with Gasteiger partial charge in [-0.2, -0.15) is 4.98 Å². The molecule has 7 heteroatoms. The number of fused-ring (bicyclic) bond motifs is 1. The fourth-order valence-corrected chi connectivity index (χ4v) is 2.88. The predicted molar refractivity (Wildman–Crippen MR) is 97.4 cm³/mol. The second-order valence-electron chi connectivity index (χ2n) is 5.42. The first-order chi connectivity index (χ1) is 12.2. The van der Waals surface area contributed by atoms with Crippen molar-refractivity contribution in [3.8, 4) is 11.5 Å². The van der Waals surface area contributed by atoms with Gasteiger partial charge in [0.1, 0.15) is 11.5 Å². The Morgan fingerprint density at radius 3 is 2.76 bits per heavy atom. The number of para-hydroxylation sites is 1. The van der Waals surface area contributed by atoms with Gasteiger partial charge in [0, 0.05) is 18.9 Å². The van der Waals surface area contributed by atoms with Gasteiger partial charge in [-0.05, 0) is 30.3 Å². The molecule has 1 aliphatic rings. The summed E-state index contributed by atoms with van der Waals surface area (Å²) in [6, 6.07) is 15.1. The quantitative estimate of drug-likeness (QED) is 0.750. The van der Waals surface area contributed by atoms with Crippen LogP contribution in [0.2, 0.25) is 5.02 Å². The fourth-order valence-electron chi connectivity index (χ4n) is 2.61. The lowest BCUT2D eigenvalue weighted by Crippen LogP contribution is -2.13. The molecule has 1 aliphatic heterocycles. The Morgan fingerprint density at radius 1 is 1.08 bits per heavy atom. The van der Waals surface area contributed by atoms with E-state index >= 15 is 0 Å². The van der Waals surface area contributed by atoms with Gasteiger partial charge in [-0.25, -0.2) is 4.98 Å². The van der Waals surface area contributed by atoms with Crippen LogP contribution in [0.4, 0.5) is 23.1 Å². The minimum Gasteiger partial charge on any atom is -0.454 e. The summed E-state index contributed by atoms with van der Waals surface area (Å²) in [5.74, 6) is 2.46. The van der Waals surface area contributed by atoms with E-state index in [-0.39, 0.29) is 6.79 Å². The minimum absolute atomic E-state index is 0.182. The molecule has 0 atom stereocenters. The molecule has 0 saturated heterocycles. The van der Waals surface area contributed by atoms with Crippen LogP contribution in [0.15, 0.2) is 54.7 Å². The number of benzene rings is 2. The van der Waals surface area contributed by atoms with Crippen molar-refractivity contribution in [2.24, 2.45) is 0 Å². The molecule has 1 N–H and O–H groups in total. The summed E-state index contributed by atoms with van der Waals surface area (Å²) in [6.45, 7) is 0.182. The molecule has 2 aromatic carbocycles. The molecular formula is C18H15ClN4O2. The minimum atomic E-state index is 0.182. The van der Waals surface area contributed by atoms with E-state index in [1.165, 1.54) is 0 Å². The largest absolute Gasteiger partial charge is 0.454 e. The summed E-state index contributed by atoms with van der Waals surface area (Å²) in [6.07, 6.45) is 1.69. The number of hydrogen-bond acceptors (Lipinski definition) is 6. The van der Waals surface area contributed by atoms with Gasteiger partial charge in [0.15, 0.2) is 11.5 Å². The highest BCUT2D eigenvalue weighted by molar-refractivity contribution is 6.34. The Bertz CT molecular complexity index is 905. The fraction of sp³-hybridized carbons (Fsp3) is 0.111. The number of aromatic nitrogens is 2. The second kappa shape index (κ2) is 6.49. The SMILES string of the molecule is CN(c1ccnc(Nc2ccccc2)n1)c1c(Cl)ccc2c1OCO2. The maximum Gasteiger partial charge on any atom is 0.231 e. The van der Waals surface area contributed by atoms with E-state index in [4.69, 9.17) is 21.1 Å². The Balaban J connectivity index is 1.67. The number of nitrogens with zero attached hydrogens (tertiary/aromatic N) is 3. The lowest BCUT2D eigenvalue weighted by Gasteiger charge is -2.21. The highest BCUT2D eigenvalue weighted by atomic mass is 35.5. The Hall–Kier alpha value is -2.99. The molecule has 126 valence electrons. The van der Waals surface area contributed by atoms with E-state index < -0.39 is 0 Å². The van der Waals surface area contributed by atoms with E-state index in [9.17, 15) is 0 Å². The molecule has 0 spiro atoms.